The lowest BCUT2D eigenvalue weighted by Crippen LogP contribution is -2.56. The van der Waals surface area contributed by atoms with E-state index in [4.69, 9.17) is 9.47 Å². The number of ether oxygens (including phenoxy) is 2. The van der Waals surface area contributed by atoms with Gasteiger partial charge in [-0.25, -0.2) is 0 Å². The van der Waals surface area contributed by atoms with Gasteiger partial charge >= 0.3 is 0 Å². The van der Waals surface area contributed by atoms with Crippen LogP contribution >= 0.6 is 0 Å². The highest BCUT2D eigenvalue weighted by atomic mass is 16.6. The minimum atomic E-state index is -0.712. The van der Waals surface area contributed by atoms with Gasteiger partial charge in [-0.1, -0.05) is 12.1 Å². The maximum atomic E-state index is 12.5. The van der Waals surface area contributed by atoms with E-state index >= 15 is 0 Å². The number of hydrogen-bond acceptors (Lipinski definition) is 4. The zero-order valence-corrected chi connectivity index (χ0v) is 11.2. The van der Waals surface area contributed by atoms with Gasteiger partial charge in [0.25, 0.3) is 5.91 Å². The van der Waals surface area contributed by atoms with Crippen molar-refractivity contribution in [3.63, 3.8) is 0 Å². The molecule has 106 valence electrons. The third-order valence-electron chi connectivity index (χ3n) is 3.44. The molecule has 2 amide bonds. The fourth-order valence-corrected chi connectivity index (χ4v) is 2.40. The zero-order chi connectivity index (χ0) is 14.1. The molecular formula is C14H16N2O4. The van der Waals surface area contributed by atoms with Crippen molar-refractivity contribution in [2.75, 3.05) is 19.6 Å². The molecule has 2 heterocycles. The molecule has 2 aliphatic rings. The van der Waals surface area contributed by atoms with E-state index in [-0.39, 0.29) is 24.5 Å². The van der Waals surface area contributed by atoms with Gasteiger partial charge in [0.05, 0.1) is 6.54 Å². The summed E-state index contributed by atoms with van der Waals surface area (Å²) in [4.78, 5) is 25.3. The van der Waals surface area contributed by atoms with Crippen molar-refractivity contribution in [1.82, 2.24) is 10.2 Å². The lowest BCUT2D eigenvalue weighted by atomic mass is 10.1. The van der Waals surface area contributed by atoms with Gasteiger partial charge < -0.3 is 19.7 Å². The molecule has 1 saturated heterocycles. The van der Waals surface area contributed by atoms with E-state index in [1.165, 1.54) is 4.90 Å². The van der Waals surface area contributed by atoms with Crippen LogP contribution in [0.25, 0.3) is 0 Å². The molecule has 1 N–H and O–H groups in total. The van der Waals surface area contributed by atoms with Crippen molar-refractivity contribution in [2.45, 2.75) is 19.1 Å². The highest BCUT2D eigenvalue weighted by Crippen LogP contribution is 2.33. The number of nitrogens with zero attached hydrogens (tertiary/aromatic N) is 1. The molecule has 1 fully saturated rings. The number of para-hydroxylation sites is 2. The second-order valence-corrected chi connectivity index (χ2v) is 4.92. The number of piperazine rings is 1. The summed E-state index contributed by atoms with van der Waals surface area (Å²) in [7, 11) is 0. The summed E-state index contributed by atoms with van der Waals surface area (Å²) < 4.78 is 11.5. The molecule has 1 aromatic carbocycles. The highest BCUT2D eigenvalue weighted by Gasteiger charge is 2.37. The predicted octanol–water partition coefficient (Wildman–Crippen LogP) is 0.173. The smallest absolute Gasteiger partial charge is 0.268 e. The van der Waals surface area contributed by atoms with Gasteiger partial charge in [0, 0.05) is 13.1 Å². The van der Waals surface area contributed by atoms with Crippen LogP contribution in [0.3, 0.4) is 0 Å². The molecular weight excluding hydrogens is 260 g/mol. The van der Waals surface area contributed by atoms with Gasteiger partial charge in [-0.2, -0.15) is 0 Å². The van der Waals surface area contributed by atoms with E-state index in [1.54, 1.807) is 19.1 Å². The Hall–Kier alpha value is -2.24. The van der Waals surface area contributed by atoms with Crippen molar-refractivity contribution >= 4 is 11.8 Å². The average molecular weight is 276 g/mol. The number of nitrogens with one attached hydrogen (secondary N) is 1. The molecule has 3 rings (SSSR count). The van der Waals surface area contributed by atoms with Gasteiger partial charge in [-0.05, 0) is 19.1 Å². The number of hydrogen-bond donors (Lipinski definition) is 1. The number of carbonyl (C=O) groups is 2. The average Bonchev–Trinajstić information content (AvgIpc) is 2.46. The minimum absolute atomic E-state index is 0.0764. The molecule has 6 nitrogen and oxygen atoms in total. The van der Waals surface area contributed by atoms with Crippen LogP contribution in [0.4, 0.5) is 0 Å². The zero-order valence-electron chi connectivity index (χ0n) is 11.2. The summed E-state index contributed by atoms with van der Waals surface area (Å²) in [6.07, 6.45) is -1.10. The Morgan fingerprint density at radius 2 is 2.00 bits per heavy atom. The first-order valence-electron chi connectivity index (χ1n) is 6.63. The fraction of sp³-hybridized carbons (Fsp3) is 0.429. The molecule has 2 atom stereocenters. The summed E-state index contributed by atoms with van der Waals surface area (Å²) in [6, 6.07) is 7.26. The maximum Gasteiger partial charge on any atom is 0.268 e. The Morgan fingerprint density at radius 3 is 2.70 bits per heavy atom. The second-order valence-electron chi connectivity index (χ2n) is 4.92. The molecule has 6 heteroatoms. The number of amides is 2. The Bertz CT molecular complexity index is 546. The molecule has 1 aromatic rings. The van der Waals surface area contributed by atoms with Gasteiger partial charge in [-0.3, -0.25) is 9.59 Å². The summed E-state index contributed by atoms with van der Waals surface area (Å²) in [6.45, 7) is 2.84. The van der Waals surface area contributed by atoms with Gasteiger partial charge in [0.2, 0.25) is 12.0 Å². The molecule has 0 aromatic heterocycles. The van der Waals surface area contributed by atoms with Crippen molar-refractivity contribution in [2.24, 2.45) is 0 Å². The first-order chi connectivity index (χ1) is 9.65. The Kier molecular flexibility index (Phi) is 3.22. The lowest BCUT2D eigenvalue weighted by molar-refractivity contribution is -0.148. The Labute approximate surface area is 116 Å². The van der Waals surface area contributed by atoms with E-state index in [1.807, 2.05) is 12.1 Å². The third kappa shape index (κ3) is 2.29. The van der Waals surface area contributed by atoms with E-state index in [9.17, 15) is 9.59 Å². The van der Waals surface area contributed by atoms with Crippen LogP contribution in [-0.4, -0.2) is 48.6 Å². The molecule has 0 saturated carbocycles. The monoisotopic (exact) mass is 276 g/mol. The molecule has 0 bridgehead atoms. The number of fused-ring (bicyclic) bond motifs is 1. The first-order valence-corrected chi connectivity index (χ1v) is 6.63. The van der Waals surface area contributed by atoms with Gasteiger partial charge in [-0.15, -0.1) is 0 Å². The van der Waals surface area contributed by atoms with Gasteiger partial charge in [0.15, 0.2) is 11.5 Å². The predicted molar refractivity (Wildman–Crippen MR) is 70.5 cm³/mol. The largest absolute Gasteiger partial charge is 0.482 e. The number of rotatable bonds is 1. The van der Waals surface area contributed by atoms with Crippen LogP contribution in [0.5, 0.6) is 11.5 Å². The molecule has 0 unspecified atom stereocenters. The van der Waals surface area contributed by atoms with E-state index < -0.39 is 6.10 Å². The van der Waals surface area contributed by atoms with Crippen LogP contribution in [0.2, 0.25) is 0 Å². The summed E-state index contributed by atoms with van der Waals surface area (Å²) in [5.74, 6) is 0.849. The Balaban J connectivity index is 1.77. The Morgan fingerprint density at radius 1 is 1.30 bits per heavy atom. The molecule has 20 heavy (non-hydrogen) atoms. The fourth-order valence-electron chi connectivity index (χ4n) is 2.40. The summed E-state index contributed by atoms with van der Waals surface area (Å²) in [5.41, 5.74) is 0. The normalized spacial score (nSPS) is 25.1. The second kappa shape index (κ2) is 5.03. The quantitative estimate of drug-likeness (QED) is 0.794. The molecule has 0 radical (unpaired) electrons. The van der Waals surface area contributed by atoms with Crippen LogP contribution in [0.15, 0.2) is 24.3 Å². The maximum absolute atomic E-state index is 12.5. The van der Waals surface area contributed by atoms with Crippen molar-refractivity contribution in [1.29, 1.82) is 0 Å². The SMILES string of the molecule is C[C@H]1Oc2ccccc2O[C@H]1C(=O)N1CCNC(=O)C1. The van der Waals surface area contributed by atoms with Crippen molar-refractivity contribution in [3.8, 4) is 11.5 Å². The van der Waals surface area contributed by atoms with E-state index in [0.717, 1.165) is 0 Å². The molecule has 0 spiro atoms. The van der Waals surface area contributed by atoms with Crippen molar-refractivity contribution < 1.29 is 19.1 Å². The van der Waals surface area contributed by atoms with Gasteiger partial charge in [0.1, 0.15) is 6.10 Å². The van der Waals surface area contributed by atoms with Crippen LogP contribution in [0.1, 0.15) is 6.92 Å². The van der Waals surface area contributed by atoms with E-state index in [0.29, 0.717) is 24.6 Å². The third-order valence-corrected chi connectivity index (χ3v) is 3.44. The standard InChI is InChI=1S/C14H16N2O4/c1-9-13(14(18)16-7-6-15-12(17)8-16)20-11-5-3-2-4-10(11)19-9/h2-5,9,13H,6-8H2,1H3,(H,15,17)/t9-,13-/m1/s1. The summed E-state index contributed by atoms with van der Waals surface area (Å²) >= 11 is 0. The molecule has 2 aliphatic heterocycles. The first kappa shape index (κ1) is 12.8. The topological polar surface area (TPSA) is 67.9 Å². The lowest BCUT2D eigenvalue weighted by Gasteiger charge is -2.35. The minimum Gasteiger partial charge on any atom is -0.482 e. The van der Waals surface area contributed by atoms with Crippen LogP contribution in [-0.2, 0) is 9.59 Å². The van der Waals surface area contributed by atoms with Crippen molar-refractivity contribution in [3.05, 3.63) is 24.3 Å². The summed E-state index contributed by atoms with van der Waals surface area (Å²) in [5, 5.41) is 2.69. The number of carbonyl (C=O) groups excluding carboxylic acids is 2. The van der Waals surface area contributed by atoms with Crippen LogP contribution < -0.4 is 14.8 Å². The highest BCUT2D eigenvalue weighted by molar-refractivity contribution is 5.88. The molecule has 0 aliphatic carbocycles. The number of benzene rings is 1. The van der Waals surface area contributed by atoms with Crippen LogP contribution in [0, 0.1) is 0 Å². The van der Waals surface area contributed by atoms with E-state index in [2.05, 4.69) is 5.32 Å².